The lowest BCUT2D eigenvalue weighted by atomic mass is 9.79. The molecule has 0 aromatic heterocycles. The van der Waals surface area contributed by atoms with Crippen molar-refractivity contribution < 1.29 is 9.18 Å². The van der Waals surface area contributed by atoms with Gasteiger partial charge in [0.15, 0.2) is 0 Å². The van der Waals surface area contributed by atoms with Crippen LogP contribution in [0.15, 0.2) is 0 Å². The first-order chi connectivity index (χ1) is 11.0. The molecule has 5 atom stereocenters. The van der Waals surface area contributed by atoms with Gasteiger partial charge < -0.3 is 4.90 Å². The molecule has 3 fully saturated rings. The van der Waals surface area contributed by atoms with Crippen molar-refractivity contribution in [1.29, 1.82) is 0 Å². The van der Waals surface area contributed by atoms with Crippen molar-refractivity contribution in [3.8, 4) is 0 Å². The topological polar surface area (TPSA) is 47.6 Å². The van der Waals surface area contributed by atoms with Crippen molar-refractivity contribution in [1.82, 2.24) is 20.7 Å². The molecule has 23 heavy (non-hydrogen) atoms. The van der Waals surface area contributed by atoms with E-state index < -0.39 is 6.17 Å². The van der Waals surface area contributed by atoms with Crippen LogP contribution >= 0.6 is 11.6 Å². The van der Waals surface area contributed by atoms with E-state index in [1.165, 1.54) is 0 Å². The number of carbonyl (C=O) groups is 1. The number of alkyl halides is 2. The fraction of sp³-hybridized carbons (Fsp3) is 0.938. The zero-order valence-corrected chi connectivity index (χ0v) is 14.6. The Morgan fingerprint density at radius 2 is 2.00 bits per heavy atom. The van der Waals surface area contributed by atoms with Gasteiger partial charge in [0, 0.05) is 39.3 Å². The van der Waals surface area contributed by atoms with Gasteiger partial charge in [-0.05, 0) is 31.1 Å². The summed E-state index contributed by atoms with van der Waals surface area (Å²) in [5.74, 6) is 1.05. The molecule has 0 spiro atoms. The number of hydrogen-bond donors (Lipinski definition) is 2. The standard InChI is InChI=1S/C16H28ClFN4O/c1-11-8-13(18)3-2-12(11)10-21-4-6-22(7-5-21)15-14(17)9-19-20-16(15)23/h11-15,19H,2-10H2,1H3,(H,20,23). The highest BCUT2D eigenvalue weighted by atomic mass is 35.5. The Morgan fingerprint density at radius 3 is 2.65 bits per heavy atom. The van der Waals surface area contributed by atoms with Crippen LogP contribution in [0.1, 0.15) is 26.2 Å². The van der Waals surface area contributed by atoms with Gasteiger partial charge in [0.05, 0.1) is 5.38 Å². The summed E-state index contributed by atoms with van der Waals surface area (Å²) in [5.41, 5.74) is 5.51. The molecule has 0 aromatic rings. The van der Waals surface area contributed by atoms with E-state index in [0.717, 1.165) is 45.6 Å². The Balaban J connectivity index is 1.47. The fourth-order valence-corrected chi connectivity index (χ4v) is 4.55. The molecular weight excluding hydrogens is 319 g/mol. The maximum absolute atomic E-state index is 13.4. The Bertz CT molecular complexity index is 419. The monoisotopic (exact) mass is 346 g/mol. The molecule has 2 aliphatic heterocycles. The zero-order chi connectivity index (χ0) is 16.4. The molecule has 2 saturated heterocycles. The first-order valence-electron chi connectivity index (χ1n) is 8.82. The number of piperazine rings is 1. The summed E-state index contributed by atoms with van der Waals surface area (Å²) >= 11 is 6.32. The lowest BCUT2D eigenvalue weighted by Crippen LogP contribution is -2.65. The zero-order valence-electron chi connectivity index (χ0n) is 13.8. The van der Waals surface area contributed by atoms with Gasteiger partial charge in [0.1, 0.15) is 12.2 Å². The minimum absolute atomic E-state index is 0.0282. The number of halogens is 2. The average Bonchev–Trinajstić information content (AvgIpc) is 2.51. The number of nitrogens with zero attached hydrogens (tertiary/aromatic N) is 2. The minimum atomic E-state index is -0.600. The summed E-state index contributed by atoms with van der Waals surface area (Å²) < 4.78 is 13.4. The van der Waals surface area contributed by atoms with E-state index in [9.17, 15) is 9.18 Å². The normalized spacial score (nSPS) is 40.8. The second-order valence-corrected chi connectivity index (χ2v) is 7.88. The van der Waals surface area contributed by atoms with E-state index in [1.807, 2.05) is 0 Å². The van der Waals surface area contributed by atoms with Gasteiger partial charge in [-0.2, -0.15) is 0 Å². The van der Waals surface area contributed by atoms with Crippen LogP contribution in [0.3, 0.4) is 0 Å². The minimum Gasteiger partial charge on any atom is -0.301 e. The highest BCUT2D eigenvalue weighted by molar-refractivity contribution is 6.23. The van der Waals surface area contributed by atoms with Crippen molar-refractivity contribution >= 4 is 17.5 Å². The van der Waals surface area contributed by atoms with Crippen molar-refractivity contribution in [3.63, 3.8) is 0 Å². The highest BCUT2D eigenvalue weighted by Gasteiger charge is 2.37. The second kappa shape index (κ2) is 7.64. The van der Waals surface area contributed by atoms with Crippen LogP contribution in [-0.4, -0.2) is 72.6 Å². The molecule has 2 heterocycles. The van der Waals surface area contributed by atoms with Crippen molar-refractivity contribution in [2.75, 3.05) is 39.3 Å². The van der Waals surface area contributed by atoms with Crippen LogP contribution in [0.2, 0.25) is 0 Å². The molecular formula is C16H28ClFN4O. The number of nitrogens with one attached hydrogen (secondary N) is 2. The van der Waals surface area contributed by atoms with E-state index >= 15 is 0 Å². The van der Waals surface area contributed by atoms with Crippen LogP contribution < -0.4 is 10.9 Å². The molecule has 0 radical (unpaired) electrons. The molecule has 5 nitrogen and oxygen atoms in total. The van der Waals surface area contributed by atoms with E-state index in [1.54, 1.807) is 0 Å². The van der Waals surface area contributed by atoms with Crippen molar-refractivity contribution in [2.45, 2.75) is 43.8 Å². The van der Waals surface area contributed by atoms with Crippen LogP contribution in [0.4, 0.5) is 4.39 Å². The summed E-state index contributed by atoms with van der Waals surface area (Å²) in [6.45, 7) is 7.51. The summed E-state index contributed by atoms with van der Waals surface area (Å²) in [4.78, 5) is 16.7. The van der Waals surface area contributed by atoms with Crippen LogP contribution in [0.5, 0.6) is 0 Å². The average molecular weight is 347 g/mol. The Hall–Kier alpha value is -0.430. The Kier molecular flexibility index (Phi) is 5.78. The molecule has 1 saturated carbocycles. The van der Waals surface area contributed by atoms with E-state index in [0.29, 0.717) is 24.8 Å². The van der Waals surface area contributed by atoms with Gasteiger partial charge in [0.25, 0.3) is 5.91 Å². The van der Waals surface area contributed by atoms with Gasteiger partial charge in [-0.1, -0.05) is 6.92 Å². The lowest BCUT2D eigenvalue weighted by molar-refractivity contribution is -0.130. The highest BCUT2D eigenvalue weighted by Crippen LogP contribution is 2.32. The third kappa shape index (κ3) is 4.16. The number of carbonyl (C=O) groups excluding carboxylic acids is 1. The maximum Gasteiger partial charge on any atom is 0.253 e. The van der Waals surface area contributed by atoms with E-state index in [2.05, 4.69) is 27.6 Å². The first kappa shape index (κ1) is 17.4. The number of hydrogen-bond acceptors (Lipinski definition) is 4. The van der Waals surface area contributed by atoms with Gasteiger partial charge >= 0.3 is 0 Å². The summed E-state index contributed by atoms with van der Waals surface area (Å²) in [7, 11) is 0. The summed E-state index contributed by atoms with van der Waals surface area (Å²) in [6, 6.07) is -0.235. The largest absolute Gasteiger partial charge is 0.301 e. The first-order valence-corrected chi connectivity index (χ1v) is 9.25. The SMILES string of the molecule is CC1CC(F)CCC1CN1CCN(C2C(=O)NNCC2Cl)CC1. The number of rotatable bonds is 3. The maximum atomic E-state index is 13.4. The fourth-order valence-electron chi connectivity index (χ4n) is 4.20. The molecule has 0 aromatic carbocycles. The van der Waals surface area contributed by atoms with Gasteiger partial charge in [0.2, 0.25) is 0 Å². The van der Waals surface area contributed by atoms with Crippen molar-refractivity contribution in [2.24, 2.45) is 11.8 Å². The van der Waals surface area contributed by atoms with Crippen LogP contribution in [0.25, 0.3) is 0 Å². The Labute approximate surface area is 142 Å². The van der Waals surface area contributed by atoms with Crippen LogP contribution in [-0.2, 0) is 4.79 Å². The molecule has 3 rings (SSSR count). The number of hydrazine groups is 1. The lowest BCUT2D eigenvalue weighted by Gasteiger charge is -2.43. The van der Waals surface area contributed by atoms with Gasteiger partial charge in [-0.3, -0.25) is 15.1 Å². The molecule has 2 N–H and O–H groups in total. The van der Waals surface area contributed by atoms with Crippen molar-refractivity contribution in [3.05, 3.63) is 0 Å². The smallest absolute Gasteiger partial charge is 0.253 e. The van der Waals surface area contributed by atoms with Gasteiger partial charge in [-0.15, -0.1) is 11.6 Å². The molecule has 132 valence electrons. The van der Waals surface area contributed by atoms with Crippen LogP contribution in [0, 0.1) is 11.8 Å². The predicted molar refractivity (Wildman–Crippen MR) is 89.0 cm³/mol. The molecule has 1 amide bonds. The second-order valence-electron chi connectivity index (χ2n) is 7.32. The van der Waals surface area contributed by atoms with E-state index in [-0.39, 0.29) is 17.3 Å². The molecule has 1 aliphatic carbocycles. The quantitative estimate of drug-likeness (QED) is 0.748. The summed E-state index contributed by atoms with van der Waals surface area (Å²) in [5, 5.41) is -0.185. The predicted octanol–water partition coefficient (Wildman–Crippen LogP) is 0.989. The third-order valence-electron chi connectivity index (χ3n) is 5.70. The van der Waals surface area contributed by atoms with Gasteiger partial charge in [-0.25, -0.2) is 9.82 Å². The molecule has 7 heteroatoms. The molecule has 5 unspecified atom stereocenters. The molecule has 0 bridgehead atoms. The van der Waals surface area contributed by atoms with E-state index in [4.69, 9.17) is 11.6 Å². The number of amides is 1. The third-order valence-corrected chi connectivity index (χ3v) is 6.09. The summed E-state index contributed by atoms with van der Waals surface area (Å²) in [6.07, 6.45) is 1.84. The Morgan fingerprint density at radius 1 is 1.26 bits per heavy atom. The molecule has 3 aliphatic rings.